The third-order valence-electron chi connectivity index (χ3n) is 8.10. The molecule has 1 amide bonds. The van der Waals surface area contributed by atoms with Crippen LogP contribution in [-0.4, -0.2) is 85.8 Å². The van der Waals surface area contributed by atoms with Gasteiger partial charge in [0.25, 0.3) is 0 Å². The lowest BCUT2D eigenvalue weighted by Crippen LogP contribution is -2.41. The van der Waals surface area contributed by atoms with E-state index in [-0.39, 0.29) is 19.0 Å². The lowest BCUT2D eigenvalue weighted by atomic mass is 9.73. The minimum atomic E-state index is -0.559. The van der Waals surface area contributed by atoms with Gasteiger partial charge in [-0.2, -0.15) is 0 Å². The van der Waals surface area contributed by atoms with Gasteiger partial charge in [0, 0.05) is 26.7 Å². The highest BCUT2D eigenvalue weighted by Gasteiger charge is 2.52. The average Bonchev–Trinajstić information content (AvgIpc) is 2.96. The van der Waals surface area contributed by atoms with E-state index in [1.165, 1.54) is 5.56 Å². The highest BCUT2D eigenvalue weighted by atomic mass is 16.7. The van der Waals surface area contributed by atoms with Gasteiger partial charge in [0.2, 0.25) is 0 Å². The summed E-state index contributed by atoms with van der Waals surface area (Å²) >= 11 is 0. The molecule has 1 aromatic carbocycles. The molecule has 10 heteroatoms. The maximum Gasteiger partial charge on any atom is 0.495 e. The molecule has 2 atom stereocenters. The number of aliphatic hydroxyl groups is 1. The van der Waals surface area contributed by atoms with Crippen molar-refractivity contribution in [1.82, 2.24) is 4.90 Å². The molecule has 3 rings (SSSR count). The summed E-state index contributed by atoms with van der Waals surface area (Å²) in [6.45, 7) is 17.6. The molecule has 2 fully saturated rings. The molecule has 0 aromatic heterocycles. The number of carbonyl (C=O) groups is 1. The zero-order chi connectivity index (χ0) is 30.4. The summed E-state index contributed by atoms with van der Waals surface area (Å²) in [6.07, 6.45) is 3.72. The molecule has 1 aromatic rings. The molecule has 2 aliphatic heterocycles. The standard InChI is InChI=1S/C31H52BNO8/c1-22-17-24(38-21-36-9)19-27(32-40-30(5,6)31(7,8)41-32)26(22)13-11-10-12-16-37-25-18-23(34)14-15-33(20-25)28(35)39-29(2,3)4/h17,19,23,25,34H,10-16,18,20-21H2,1-9H3/t23-,25-/m1/s1. The number of ether oxygens (including phenoxy) is 4. The van der Waals surface area contributed by atoms with Crippen molar-refractivity contribution >= 4 is 18.7 Å². The molecule has 9 nitrogen and oxygen atoms in total. The fourth-order valence-corrected chi connectivity index (χ4v) is 5.12. The molecule has 0 unspecified atom stereocenters. The van der Waals surface area contributed by atoms with Crippen LogP contribution in [0.3, 0.4) is 0 Å². The number of benzene rings is 1. The summed E-state index contributed by atoms with van der Waals surface area (Å²) in [5.41, 5.74) is 1.92. The highest BCUT2D eigenvalue weighted by molar-refractivity contribution is 6.62. The third kappa shape index (κ3) is 9.58. The van der Waals surface area contributed by atoms with Crippen molar-refractivity contribution in [3.63, 3.8) is 0 Å². The van der Waals surface area contributed by atoms with E-state index in [0.717, 1.165) is 42.5 Å². The predicted octanol–water partition coefficient (Wildman–Crippen LogP) is 4.77. The Bertz CT molecular complexity index is 993. The van der Waals surface area contributed by atoms with Crippen molar-refractivity contribution in [3.05, 3.63) is 23.3 Å². The normalized spacial score (nSPS) is 22.5. The van der Waals surface area contributed by atoms with E-state index in [9.17, 15) is 9.90 Å². The van der Waals surface area contributed by atoms with Gasteiger partial charge in [-0.05, 0) is 110 Å². The van der Waals surface area contributed by atoms with Crippen LogP contribution < -0.4 is 10.2 Å². The van der Waals surface area contributed by atoms with E-state index in [1.54, 1.807) is 12.0 Å². The smallest absolute Gasteiger partial charge is 0.468 e. The Hall–Kier alpha value is -1.85. The zero-order valence-corrected chi connectivity index (χ0v) is 26.7. The zero-order valence-electron chi connectivity index (χ0n) is 26.7. The van der Waals surface area contributed by atoms with Crippen molar-refractivity contribution in [2.75, 3.05) is 33.6 Å². The van der Waals surface area contributed by atoms with Gasteiger partial charge in [-0.1, -0.05) is 6.42 Å². The fourth-order valence-electron chi connectivity index (χ4n) is 5.12. The summed E-state index contributed by atoms with van der Waals surface area (Å²) in [5.74, 6) is 0.734. The molecular formula is C31H52BNO8. The number of likely N-dealkylation sites (tertiary alicyclic amines) is 1. The summed E-state index contributed by atoms with van der Waals surface area (Å²) in [7, 11) is 1.13. The Kier molecular flexibility index (Phi) is 11.6. The molecule has 41 heavy (non-hydrogen) atoms. The number of amides is 1. The molecule has 0 radical (unpaired) electrons. The van der Waals surface area contributed by atoms with E-state index < -0.39 is 30.0 Å². The van der Waals surface area contributed by atoms with E-state index in [4.69, 9.17) is 28.3 Å². The van der Waals surface area contributed by atoms with Gasteiger partial charge in [0.05, 0.1) is 30.0 Å². The molecular weight excluding hydrogens is 525 g/mol. The van der Waals surface area contributed by atoms with Crippen LogP contribution in [0.25, 0.3) is 0 Å². The first-order chi connectivity index (χ1) is 19.1. The maximum absolute atomic E-state index is 12.6. The van der Waals surface area contributed by atoms with E-state index >= 15 is 0 Å². The van der Waals surface area contributed by atoms with Crippen molar-refractivity contribution in [1.29, 1.82) is 0 Å². The van der Waals surface area contributed by atoms with Crippen LogP contribution in [0.2, 0.25) is 0 Å². The Balaban J connectivity index is 1.56. The summed E-state index contributed by atoms with van der Waals surface area (Å²) < 4.78 is 35.4. The number of methoxy groups -OCH3 is 1. The molecule has 232 valence electrons. The van der Waals surface area contributed by atoms with Gasteiger partial charge >= 0.3 is 13.2 Å². The van der Waals surface area contributed by atoms with E-state index in [2.05, 4.69) is 34.6 Å². The lowest BCUT2D eigenvalue weighted by Gasteiger charge is -2.32. The number of aryl methyl sites for hydroxylation is 1. The SMILES string of the molecule is COCOc1cc(C)c(CCCCCO[C@@H]2C[C@H](O)CCN(C(=O)OC(C)(C)C)C2)c(B2OC(C)(C)C(C)(C)O2)c1. The maximum atomic E-state index is 12.6. The molecule has 2 heterocycles. The van der Waals surface area contributed by atoms with Gasteiger partial charge in [0.1, 0.15) is 11.4 Å². The second-order valence-corrected chi connectivity index (χ2v) is 13.4. The number of carbonyl (C=O) groups excluding carboxylic acids is 1. The monoisotopic (exact) mass is 577 g/mol. The Morgan fingerprint density at radius 3 is 2.44 bits per heavy atom. The van der Waals surface area contributed by atoms with Gasteiger partial charge in [-0.3, -0.25) is 0 Å². The quantitative estimate of drug-likeness (QED) is 0.229. The highest BCUT2D eigenvalue weighted by Crippen LogP contribution is 2.37. The van der Waals surface area contributed by atoms with Gasteiger partial charge in [0.15, 0.2) is 6.79 Å². The van der Waals surface area contributed by atoms with Crippen LogP contribution in [-0.2, 0) is 29.9 Å². The van der Waals surface area contributed by atoms with Gasteiger partial charge in [-0.25, -0.2) is 4.79 Å². The minimum Gasteiger partial charge on any atom is -0.468 e. The third-order valence-corrected chi connectivity index (χ3v) is 8.10. The number of nitrogens with zero attached hydrogens (tertiary/aromatic N) is 1. The molecule has 2 aliphatic rings. The summed E-state index contributed by atoms with van der Waals surface area (Å²) in [6, 6.07) is 4.06. The van der Waals surface area contributed by atoms with E-state index in [0.29, 0.717) is 32.5 Å². The Morgan fingerprint density at radius 2 is 1.80 bits per heavy atom. The van der Waals surface area contributed by atoms with Gasteiger partial charge < -0.3 is 38.3 Å². The molecule has 0 bridgehead atoms. The first kappa shape index (κ1) is 33.7. The summed E-state index contributed by atoms with van der Waals surface area (Å²) in [4.78, 5) is 14.3. The minimum absolute atomic E-state index is 0.176. The van der Waals surface area contributed by atoms with Gasteiger partial charge in [-0.15, -0.1) is 0 Å². The predicted molar refractivity (Wildman–Crippen MR) is 160 cm³/mol. The van der Waals surface area contributed by atoms with Crippen LogP contribution in [0.5, 0.6) is 5.75 Å². The Morgan fingerprint density at radius 1 is 1.12 bits per heavy atom. The van der Waals surface area contributed by atoms with Crippen LogP contribution in [0.4, 0.5) is 4.79 Å². The van der Waals surface area contributed by atoms with Crippen LogP contribution in [0.1, 0.15) is 91.7 Å². The van der Waals surface area contributed by atoms with Crippen LogP contribution in [0.15, 0.2) is 12.1 Å². The second kappa shape index (κ2) is 14.1. The number of rotatable bonds is 11. The summed E-state index contributed by atoms with van der Waals surface area (Å²) in [5, 5.41) is 10.3. The number of hydrogen-bond acceptors (Lipinski definition) is 8. The largest absolute Gasteiger partial charge is 0.495 e. The molecule has 0 saturated carbocycles. The number of hydrogen-bond donors (Lipinski definition) is 1. The molecule has 1 N–H and O–H groups in total. The van der Waals surface area contributed by atoms with Crippen LogP contribution >= 0.6 is 0 Å². The molecule has 2 saturated heterocycles. The van der Waals surface area contributed by atoms with Crippen molar-refractivity contribution in [2.24, 2.45) is 0 Å². The average molecular weight is 578 g/mol. The fraction of sp³-hybridized carbons (Fsp3) is 0.774. The van der Waals surface area contributed by atoms with Crippen molar-refractivity contribution < 1.29 is 38.2 Å². The van der Waals surface area contributed by atoms with E-state index in [1.807, 2.05) is 32.9 Å². The number of aliphatic hydroxyl groups excluding tert-OH is 1. The second-order valence-electron chi connectivity index (χ2n) is 13.4. The molecule has 0 spiro atoms. The van der Waals surface area contributed by atoms with Crippen LogP contribution in [0, 0.1) is 6.92 Å². The van der Waals surface area contributed by atoms with Crippen molar-refractivity contribution in [2.45, 2.75) is 123 Å². The topological polar surface area (TPSA) is 95.9 Å². The molecule has 0 aliphatic carbocycles. The van der Waals surface area contributed by atoms with Crippen molar-refractivity contribution in [3.8, 4) is 5.75 Å². The first-order valence-electron chi connectivity index (χ1n) is 15.0. The number of unbranched alkanes of at least 4 members (excludes halogenated alkanes) is 2. The lowest BCUT2D eigenvalue weighted by molar-refractivity contribution is -0.00537. The first-order valence-corrected chi connectivity index (χ1v) is 15.0. The Labute approximate surface area is 247 Å².